The molecule has 2 rings (SSSR count). The number of nitrogens with two attached hydrogens (primary N) is 1. The molecule has 0 aliphatic carbocycles. The van der Waals surface area contributed by atoms with Gasteiger partial charge in [0.15, 0.2) is 0 Å². The van der Waals surface area contributed by atoms with Gasteiger partial charge in [-0.1, -0.05) is 27.5 Å². The lowest BCUT2D eigenvalue weighted by Gasteiger charge is -2.08. The zero-order chi connectivity index (χ0) is 13.1. The van der Waals surface area contributed by atoms with Crippen LogP contribution >= 0.6 is 27.5 Å². The number of benzene rings is 1. The van der Waals surface area contributed by atoms with E-state index in [2.05, 4.69) is 25.9 Å². The average Bonchev–Trinajstić information content (AvgIpc) is 2.30. The predicted molar refractivity (Wildman–Crippen MR) is 72.2 cm³/mol. The molecule has 5 nitrogen and oxygen atoms in total. The Bertz CT molecular complexity index is 560. The molecule has 0 amide bonds. The number of anilines is 1. The normalized spacial score (nSPS) is 10.2. The Kier molecular flexibility index (Phi) is 3.88. The third-order valence-electron chi connectivity index (χ3n) is 1.98. The van der Waals surface area contributed by atoms with Crippen LogP contribution in [0.1, 0.15) is 0 Å². The van der Waals surface area contributed by atoms with Gasteiger partial charge in [0.1, 0.15) is 10.8 Å². The fraction of sp³-hybridized carbons (Fsp3) is 0.0909. The number of halogens is 2. The molecular formula is C11H9BrClN3O2. The predicted octanol–water partition coefficient (Wildman–Crippen LogP) is 3.28. The zero-order valence-corrected chi connectivity index (χ0v) is 11.7. The lowest BCUT2D eigenvalue weighted by Crippen LogP contribution is -1.96. The van der Waals surface area contributed by atoms with Crippen molar-refractivity contribution >= 4 is 33.2 Å². The highest BCUT2D eigenvalue weighted by Crippen LogP contribution is 2.30. The van der Waals surface area contributed by atoms with Crippen LogP contribution in [0.2, 0.25) is 5.02 Å². The highest BCUT2D eigenvalue weighted by atomic mass is 79.9. The van der Waals surface area contributed by atoms with Crippen LogP contribution in [0.4, 0.5) is 5.69 Å². The van der Waals surface area contributed by atoms with Gasteiger partial charge in [0.05, 0.1) is 13.3 Å². The Morgan fingerprint density at radius 2 is 2.11 bits per heavy atom. The maximum atomic E-state index is 5.93. The number of nitrogen functional groups attached to an aromatic ring is 1. The molecule has 2 N–H and O–H groups in total. The van der Waals surface area contributed by atoms with Gasteiger partial charge in [-0.15, -0.1) is 0 Å². The Hall–Kier alpha value is -1.53. The third kappa shape index (κ3) is 3.02. The van der Waals surface area contributed by atoms with Gasteiger partial charge in [-0.05, 0) is 12.1 Å². The van der Waals surface area contributed by atoms with E-state index < -0.39 is 0 Å². The molecule has 2 aromatic rings. The first-order valence-corrected chi connectivity index (χ1v) is 6.06. The van der Waals surface area contributed by atoms with Crippen LogP contribution in [0.15, 0.2) is 28.9 Å². The number of hydrogen-bond donors (Lipinski definition) is 1. The molecule has 0 radical (unpaired) electrons. The Morgan fingerprint density at radius 1 is 1.33 bits per heavy atom. The molecule has 0 saturated carbocycles. The molecular weight excluding hydrogens is 321 g/mol. The van der Waals surface area contributed by atoms with E-state index in [4.69, 9.17) is 26.8 Å². The molecule has 0 atom stereocenters. The van der Waals surface area contributed by atoms with Crippen molar-refractivity contribution in [2.75, 3.05) is 12.8 Å². The molecule has 1 aromatic carbocycles. The van der Waals surface area contributed by atoms with Crippen molar-refractivity contribution in [2.45, 2.75) is 0 Å². The van der Waals surface area contributed by atoms with Crippen molar-refractivity contribution in [1.29, 1.82) is 0 Å². The fourth-order valence-electron chi connectivity index (χ4n) is 1.26. The van der Waals surface area contributed by atoms with Gasteiger partial charge >= 0.3 is 6.01 Å². The molecule has 0 aliphatic rings. The third-order valence-corrected chi connectivity index (χ3v) is 2.70. The number of aromatic nitrogens is 2. The first-order valence-electron chi connectivity index (χ1n) is 4.89. The van der Waals surface area contributed by atoms with Crippen molar-refractivity contribution in [3.05, 3.63) is 33.9 Å². The molecule has 0 unspecified atom stereocenters. The van der Waals surface area contributed by atoms with E-state index in [9.17, 15) is 0 Å². The Morgan fingerprint density at radius 3 is 2.78 bits per heavy atom. The summed E-state index contributed by atoms with van der Waals surface area (Å²) in [7, 11) is 1.46. The summed E-state index contributed by atoms with van der Waals surface area (Å²) >= 11 is 9.26. The van der Waals surface area contributed by atoms with E-state index in [-0.39, 0.29) is 16.9 Å². The van der Waals surface area contributed by atoms with Crippen molar-refractivity contribution in [3.63, 3.8) is 0 Å². The minimum Gasteiger partial charge on any atom is -0.467 e. The van der Waals surface area contributed by atoms with Gasteiger partial charge in [-0.25, -0.2) is 4.98 Å². The number of methoxy groups -OCH3 is 1. The molecule has 0 aliphatic heterocycles. The Balaban J connectivity index is 2.33. The van der Waals surface area contributed by atoms with Gasteiger partial charge in [-0.2, -0.15) is 4.98 Å². The quantitative estimate of drug-likeness (QED) is 0.875. The first-order chi connectivity index (χ1) is 8.58. The van der Waals surface area contributed by atoms with E-state index in [0.717, 1.165) is 4.47 Å². The maximum Gasteiger partial charge on any atom is 0.319 e. The zero-order valence-electron chi connectivity index (χ0n) is 9.35. The molecule has 0 saturated heterocycles. The van der Waals surface area contributed by atoms with Crippen LogP contribution < -0.4 is 15.2 Å². The van der Waals surface area contributed by atoms with Crippen molar-refractivity contribution in [1.82, 2.24) is 9.97 Å². The van der Waals surface area contributed by atoms with Gasteiger partial charge < -0.3 is 15.2 Å². The Labute approximate surface area is 117 Å². The molecule has 1 heterocycles. The van der Waals surface area contributed by atoms with Crippen LogP contribution in [0.3, 0.4) is 0 Å². The van der Waals surface area contributed by atoms with Crippen LogP contribution in [0.25, 0.3) is 0 Å². The van der Waals surface area contributed by atoms with Gasteiger partial charge in [-0.3, -0.25) is 0 Å². The van der Waals surface area contributed by atoms with Crippen molar-refractivity contribution in [2.24, 2.45) is 0 Å². The van der Waals surface area contributed by atoms with E-state index in [1.54, 1.807) is 18.2 Å². The van der Waals surface area contributed by atoms with E-state index in [1.807, 2.05) is 0 Å². The number of hydrogen-bond acceptors (Lipinski definition) is 5. The molecule has 7 heteroatoms. The summed E-state index contributed by atoms with van der Waals surface area (Å²) in [4.78, 5) is 7.86. The summed E-state index contributed by atoms with van der Waals surface area (Å²) < 4.78 is 11.2. The minimum absolute atomic E-state index is 0.178. The van der Waals surface area contributed by atoms with Crippen LogP contribution in [-0.4, -0.2) is 17.1 Å². The molecule has 0 fully saturated rings. The van der Waals surface area contributed by atoms with E-state index in [1.165, 1.54) is 13.3 Å². The lowest BCUT2D eigenvalue weighted by atomic mass is 10.3. The van der Waals surface area contributed by atoms with Crippen LogP contribution in [-0.2, 0) is 0 Å². The second-order valence-corrected chi connectivity index (χ2v) is 4.65. The smallest absolute Gasteiger partial charge is 0.319 e. The minimum atomic E-state index is 0.178. The second-order valence-electron chi connectivity index (χ2n) is 3.33. The van der Waals surface area contributed by atoms with Gasteiger partial charge in [0, 0.05) is 16.2 Å². The molecule has 1 aromatic heterocycles. The van der Waals surface area contributed by atoms with Crippen molar-refractivity contribution < 1.29 is 9.47 Å². The first kappa shape index (κ1) is 12.9. The fourth-order valence-corrected chi connectivity index (χ4v) is 1.88. The largest absolute Gasteiger partial charge is 0.467 e. The highest BCUT2D eigenvalue weighted by molar-refractivity contribution is 9.10. The SMILES string of the molecule is COc1ncc(Cl)c(Oc2cc(N)cc(Br)c2)n1. The van der Waals surface area contributed by atoms with Gasteiger partial charge in [0.25, 0.3) is 0 Å². The van der Waals surface area contributed by atoms with E-state index >= 15 is 0 Å². The number of ether oxygens (including phenoxy) is 2. The monoisotopic (exact) mass is 329 g/mol. The summed E-state index contributed by atoms with van der Waals surface area (Å²) in [6, 6.07) is 5.35. The van der Waals surface area contributed by atoms with Crippen molar-refractivity contribution in [3.8, 4) is 17.6 Å². The van der Waals surface area contributed by atoms with E-state index in [0.29, 0.717) is 11.4 Å². The van der Waals surface area contributed by atoms with Crippen LogP contribution in [0.5, 0.6) is 17.6 Å². The standard InChI is InChI=1S/C11H9BrClN3O2/c1-17-11-15-5-9(13)10(16-11)18-8-3-6(12)2-7(14)4-8/h2-5H,14H2,1H3. The number of rotatable bonds is 3. The number of nitrogens with zero attached hydrogens (tertiary/aromatic N) is 2. The summed E-state index contributed by atoms with van der Waals surface area (Å²) in [6.45, 7) is 0. The van der Waals surface area contributed by atoms with Crippen LogP contribution in [0, 0.1) is 0 Å². The topological polar surface area (TPSA) is 70.3 Å². The lowest BCUT2D eigenvalue weighted by molar-refractivity contribution is 0.366. The molecule has 0 spiro atoms. The average molecular weight is 331 g/mol. The maximum absolute atomic E-state index is 5.93. The highest BCUT2D eigenvalue weighted by Gasteiger charge is 2.09. The second kappa shape index (κ2) is 5.41. The molecule has 0 bridgehead atoms. The summed E-state index contributed by atoms with van der Waals surface area (Å²) in [5.74, 6) is 0.727. The summed E-state index contributed by atoms with van der Waals surface area (Å²) in [6.07, 6.45) is 1.41. The summed E-state index contributed by atoms with van der Waals surface area (Å²) in [5.41, 5.74) is 6.27. The summed E-state index contributed by atoms with van der Waals surface area (Å²) in [5, 5.41) is 0.286. The van der Waals surface area contributed by atoms with Gasteiger partial charge in [0.2, 0.25) is 5.88 Å². The molecule has 18 heavy (non-hydrogen) atoms. The molecule has 94 valence electrons.